The third kappa shape index (κ3) is 6.85. The molecule has 10 heteroatoms. The highest BCUT2D eigenvalue weighted by atomic mass is 35.5. The molecule has 1 atom stereocenters. The van der Waals surface area contributed by atoms with E-state index in [1.165, 1.54) is 11.9 Å². The summed E-state index contributed by atoms with van der Waals surface area (Å²) in [4.78, 5) is 27.5. The van der Waals surface area contributed by atoms with Crippen LogP contribution in [0.1, 0.15) is 30.0 Å². The zero-order chi connectivity index (χ0) is 24.9. The Balaban J connectivity index is 2.49. The van der Waals surface area contributed by atoms with Gasteiger partial charge in [-0.1, -0.05) is 53.9 Å². The lowest BCUT2D eigenvalue weighted by Crippen LogP contribution is -2.51. The van der Waals surface area contributed by atoms with Crippen LogP contribution < -0.4 is 9.62 Å². The average Bonchev–Trinajstić information content (AvgIpc) is 2.72. The SMILES string of the molecule is CCC(C(=O)NC)N(Cc1ccc(Cl)cc1Cl)C(=O)CN(c1ccc(C)cc1C)S(C)(=O)=O. The number of carbonyl (C=O) groups excluding carboxylic acids is 2. The van der Waals surface area contributed by atoms with Gasteiger partial charge in [0.15, 0.2) is 0 Å². The van der Waals surface area contributed by atoms with E-state index in [2.05, 4.69) is 5.32 Å². The summed E-state index contributed by atoms with van der Waals surface area (Å²) in [6.07, 6.45) is 1.38. The van der Waals surface area contributed by atoms with Crippen molar-refractivity contribution < 1.29 is 18.0 Å². The number of hydrogen-bond donors (Lipinski definition) is 1. The van der Waals surface area contributed by atoms with Crippen molar-refractivity contribution in [1.29, 1.82) is 0 Å². The van der Waals surface area contributed by atoms with Gasteiger partial charge >= 0.3 is 0 Å². The molecular formula is C23H29Cl2N3O4S. The Kier molecular flexibility index (Phi) is 9.17. The zero-order valence-electron chi connectivity index (χ0n) is 19.4. The number of anilines is 1. The van der Waals surface area contributed by atoms with Crippen LogP contribution in [0.4, 0.5) is 5.69 Å². The van der Waals surface area contributed by atoms with Crippen LogP contribution in [0.3, 0.4) is 0 Å². The summed E-state index contributed by atoms with van der Waals surface area (Å²) >= 11 is 12.3. The van der Waals surface area contributed by atoms with Gasteiger partial charge in [-0.25, -0.2) is 8.42 Å². The fraction of sp³-hybridized carbons (Fsp3) is 0.391. The highest BCUT2D eigenvalue weighted by molar-refractivity contribution is 7.92. The van der Waals surface area contributed by atoms with E-state index in [1.54, 1.807) is 44.2 Å². The first-order valence-electron chi connectivity index (χ1n) is 10.4. The molecule has 180 valence electrons. The second-order valence-electron chi connectivity index (χ2n) is 7.86. The number of halogens is 2. The lowest BCUT2D eigenvalue weighted by Gasteiger charge is -2.33. The van der Waals surface area contributed by atoms with Gasteiger partial charge in [-0.05, 0) is 49.6 Å². The van der Waals surface area contributed by atoms with Gasteiger partial charge in [0.25, 0.3) is 0 Å². The Hall–Kier alpha value is -2.29. The minimum atomic E-state index is -3.79. The van der Waals surface area contributed by atoms with Gasteiger partial charge in [0.1, 0.15) is 12.6 Å². The molecule has 0 radical (unpaired) electrons. The van der Waals surface area contributed by atoms with Gasteiger partial charge in [0.2, 0.25) is 21.8 Å². The maximum absolute atomic E-state index is 13.5. The molecule has 0 spiro atoms. The molecule has 1 N–H and O–H groups in total. The highest BCUT2D eigenvalue weighted by Gasteiger charge is 2.32. The first kappa shape index (κ1) is 27.0. The predicted molar refractivity (Wildman–Crippen MR) is 133 cm³/mol. The summed E-state index contributed by atoms with van der Waals surface area (Å²) in [5.41, 5.74) is 2.70. The van der Waals surface area contributed by atoms with E-state index in [4.69, 9.17) is 23.2 Å². The summed E-state index contributed by atoms with van der Waals surface area (Å²) in [6, 6.07) is 9.38. The van der Waals surface area contributed by atoms with E-state index in [-0.39, 0.29) is 12.5 Å². The van der Waals surface area contributed by atoms with E-state index >= 15 is 0 Å². The van der Waals surface area contributed by atoms with E-state index < -0.39 is 28.5 Å². The van der Waals surface area contributed by atoms with E-state index in [9.17, 15) is 18.0 Å². The molecule has 0 aliphatic heterocycles. The summed E-state index contributed by atoms with van der Waals surface area (Å²) in [5, 5.41) is 3.36. The summed E-state index contributed by atoms with van der Waals surface area (Å²) in [6.45, 7) is 5.03. The van der Waals surface area contributed by atoms with Crippen molar-refractivity contribution in [2.75, 3.05) is 24.2 Å². The number of nitrogens with zero attached hydrogens (tertiary/aromatic N) is 2. The molecule has 0 aromatic heterocycles. The number of sulfonamides is 1. The second kappa shape index (κ2) is 11.2. The maximum atomic E-state index is 13.5. The average molecular weight is 514 g/mol. The molecule has 33 heavy (non-hydrogen) atoms. The van der Waals surface area contributed by atoms with Crippen LogP contribution >= 0.6 is 23.2 Å². The molecule has 0 saturated carbocycles. The molecule has 1 unspecified atom stereocenters. The van der Waals surface area contributed by atoms with Crippen molar-refractivity contribution in [3.8, 4) is 0 Å². The molecule has 0 saturated heterocycles. The highest BCUT2D eigenvalue weighted by Crippen LogP contribution is 2.26. The Labute approximate surface area is 205 Å². The van der Waals surface area contributed by atoms with Gasteiger partial charge in [0.05, 0.1) is 11.9 Å². The Morgan fingerprint density at radius 2 is 1.76 bits per heavy atom. The molecule has 2 rings (SSSR count). The molecule has 0 aliphatic rings. The van der Waals surface area contributed by atoms with Crippen molar-refractivity contribution in [1.82, 2.24) is 10.2 Å². The normalized spacial score (nSPS) is 12.2. The third-order valence-electron chi connectivity index (χ3n) is 5.29. The van der Waals surface area contributed by atoms with Crippen molar-refractivity contribution in [3.63, 3.8) is 0 Å². The molecule has 0 heterocycles. The first-order chi connectivity index (χ1) is 15.4. The van der Waals surface area contributed by atoms with E-state index in [0.717, 1.165) is 21.7 Å². The van der Waals surface area contributed by atoms with Crippen LogP contribution in [-0.4, -0.2) is 51.0 Å². The topological polar surface area (TPSA) is 86.8 Å². The van der Waals surface area contributed by atoms with E-state index in [0.29, 0.717) is 27.7 Å². The Bertz CT molecular complexity index is 1140. The molecular weight excluding hydrogens is 485 g/mol. The van der Waals surface area contributed by atoms with Gasteiger partial charge in [-0.2, -0.15) is 0 Å². The molecule has 2 aromatic carbocycles. The molecule has 0 bridgehead atoms. The van der Waals surface area contributed by atoms with Gasteiger partial charge in [0, 0.05) is 23.6 Å². The smallest absolute Gasteiger partial charge is 0.244 e. The number of rotatable bonds is 9. The fourth-order valence-electron chi connectivity index (χ4n) is 3.60. The Morgan fingerprint density at radius 3 is 2.27 bits per heavy atom. The van der Waals surface area contributed by atoms with Crippen LogP contribution in [0, 0.1) is 13.8 Å². The molecule has 0 fully saturated rings. The standard InChI is InChI=1S/C23H29Cl2N3O4S/c1-6-20(23(30)26-4)27(13-17-8-9-18(24)12-19(17)25)22(29)14-28(33(5,31)32)21-10-7-15(2)11-16(21)3/h7-12,20H,6,13-14H2,1-5H3,(H,26,30). The van der Waals surface area contributed by atoms with E-state index in [1.807, 2.05) is 13.0 Å². The lowest BCUT2D eigenvalue weighted by atomic mass is 10.1. The molecule has 7 nitrogen and oxygen atoms in total. The Morgan fingerprint density at radius 1 is 1.09 bits per heavy atom. The summed E-state index contributed by atoms with van der Waals surface area (Å²) in [5.74, 6) is -0.879. The number of amides is 2. The van der Waals surface area contributed by atoms with Crippen molar-refractivity contribution in [3.05, 3.63) is 63.1 Å². The van der Waals surface area contributed by atoms with Gasteiger partial charge in [-0.15, -0.1) is 0 Å². The summed E-state index contributed by atoms with van der Waals surface area (Å²) < 4.78 is 26.4. The van der Waals surface area contributed by atoms with Crippen LogP contribution in [-0.2, 0) is 26.2 Å². The van der Waals surface area contributed by atoms with Gasteiger partial charge < -0.3 is 10.2 Å². The first-order valence-corrected chi connectivity index (χ1v) is 13.0. The number of aryl methyl sites for hydroxylation is 2. The fourth-order valence-corrected chi connectivity index (χ4v) is 4.97. The largest absolute Gasteiger partial charge is 0.357 e. The summed E-state index contributed by atoms with van der Waals surface area (Å²) in [7, 11) is -2.30. The number of likely N-dealkylation sites (N-methyl/N-ethyl adjacent to an activating group) is 1. The molecule has 2 aromatic rings. The van der Waals surface area contributed by atoms with Crippen LogP contribution in [0.15, 0.2) is 36.4 Å². The third-order valence-corrected chi connectivity index (χ3v) is 7.00. The molecule has 2 amide bonds. The maximum Gasteiger partial charge on any atom is 0.244 e. The minimum Gasteiger partial charge on any atom is -0.357 e. The lowest BCUT2D eigenvalue weighted by molar-refractivity contribution is -0.140. The number of hydrogen-bond acceptors (Lipinski definition) is 4. The van der Waals surface area contributed by atoms with Gasteiger partial charge in [-0.3, -0.25) is 13.9 Å². The number of nitrogens with one attached hydrogen (secondary N) is 1. The van der Waals surface area contributed by atoms with Crippen LogP contribution in [0.5, 0.6) is 0 Å². The van der Waals surface area contributed by atoms with Crippen molar-refractivity contribution in [2.24, 2.45) is 0 Å². The zero-order valence-corrected chi connectivity index (χ0v) is 21.7. The monoisotopic (exact) mass is 513 g/mol. The quantitative estimate of drug-likeness (QED) is 0.550. The number of benzene rings is 2. The predicted octanol–water partition coefficient (Wildman–Crippen LogP) is 3.93. The van der Waals surface area contributed by atoms with Crippen molar-refractivity contribution in [2.45, 2.75) is 39.8 Å². The second-order valence-corrected chi connectivity index (χ2v) is 10.6. The molecule has 0 aliphatic carbocycles. The minimum absolute atomic E-state index is 0.0191. The number of carbonyl (C=O) groups is 2. The van der Waals surface area contributed by atoms with Crippen LogP contribution in [0.25, 0.3) is 0 Å². The van der Waals surface area contributed by atoms with Crippen molar-refractivity contribution >= 4 is 50.7 Å². The van der Waals surface area contributed by atoms with Crippen LogP contribution in [0.2, 0.25) is 10.0 Å².